The Bertz CT molecular complexity index is 2170. The molecule has 0 aromatic heterocycles. The van der Waals surface area contributed by atoms with Gasteiger partial charge in [0.25, 0.3) is 0 Å². The topological polar surface area (TPSA) is 0 Å². The van der Waals surface area contributed by atoms with Crippen LogP contribution >= 0.6 is 0 Å². The minimum absolute atomic E-state index is 0. The normalized spacial score (nSPS) is 10.4. The Kier molecular flexibility index (Phi) is 11.7. The van der Waals surface area contributed by atoms with Gasteiger partial charge in [0.15, 0.2) is 0 Å². The molecule has 0 saturated carbocycles. The van der Waals surface area contributed by atoms with E-state index in [1.165, 1.54) is 70.6 Å². The van der Waals surface area contributed by atoms with Crippen LogP contribution in [0.15, 0.2) is 152 Å². The highest BCUT2D eigenvalue weighted by atomic mass is 14.1. The summed E-state index contributed by atoms with van der Waals surface area (Å²) in [6.07, 6.45) is 3.32. The summed E-state index contributed by atoms with van der Waals surface area (Å²) in [4.78, 5) is 0. The number of fused-ring (bicyclic) bond motifs is 6. The van der Waals surface area contributed by atoms with Crippen LogP contribution in [0.25, 0.3) is 53.9 Å². The lowest BCUT2D eigenvalue weighted by Crippen LogP contribution is -1.81. The predicted molar refractivity (Wildman–Crippen MR) is 208 cm³/mol. The fourth-order valence-electron chi connectivity index (χ4n) is 5.95. The van der Waals surface area contributed by atoms with Gasteiger partial charge in [-0.05, 0) is 102 Å². The van der Waals surface area contributed by atoms with Crippen molar-refractivity contribution in [2.45, 2.75) is 54.9 Å². The molecular formula is C46H48. The van der Waals surface area contributed by atoms with Gasteiger partial charge in [-0.15, -0.1) is 0 Å². The summed E-state index contributed by atoms with van der Waals surface area (Å²) in [6.45, 7) is 6.58. The molecule has 0 N–H and O–H groups in total. The summed E-state index contributed by atoms with van der Waals surface area (Å²) in [5.41, 5.74) is 4.22. The van der Waals surface area contributed by atoms with Gasteiger partial charge in [0.1, 0.15) is 0 Å². The van der Waals surface area contributed by atoms with Crippen LogP contribution < -0.4 is 0 Å². The van der Waals surface area contributed by atoms with E-state index < -0.39 is 0 Å². The van der Waals surface area contributed by atoms with Crippen molar-refractivity contribution in [2.75, 3.05) is 0 Å². The van der Waals surface area contributed by atoms with Gasteiger partial charge in [-0.2, -0.15) is 0 Å². The first-order valence-corrected chi connectivity index (χ1v) is 15.9. The molecule has 0 aliphatic heterocycles. The number of aryl methyl sites for hydroxylation is 3. The van der Waals surface area contributed by atoms with Gasteiger partial charge >= 0.3 is 0 Å². The van der Waals surface area contributed by atoms with Gasteiger partial charge < -0.3 is 0 Å². The Labute approximate surface area is 276 Å². The van der Waals surface area contributed by atoms with Gasteiger partial charge in [0, 0.05) is 0 Å². The van der Waals surface area contributed by atoms with Crippen molar-refractivity contribution in [3.63, 3.8) is 0 Å². The largest absolute Gasteiger partial charge is 0.0776 e. The Hall–Kier alpha value is -4.94. The average molecular weight is 601 g/mol. The number of rotatable bonds is 3. The van der Waals surface area contributed by atoms with E-state index in [0.717, 1.165) is 19.3 Å². The predicted octanol–water partition coefficient (Wildman–Crippen LogP) is 13.8. The van der Waals surface area contributed by atoms with Crippen molar-refractivity contribution in [2.24, 2.45) is 0 Å². The molecule has 0 heteroatoms. The second kappa shape index (κ2) is 15.9. The van der Waals surface area contributed by atoms with E-state index in [1.54, 1.807) is 0 Å². The molecule has 0 bridgehead atoms. The zero-order chi connectivity index (χ0) is 30.3. The fraction of sp³-hybridized carbons (Fsp3) is 0.174. The van der Waals surface area contributed by atoms with E-state index in [4.69, 9.17) is 0 Å². The Morgan fingerprint density at radius 2 is 0.630 bits per heavy atom. The number of hydrogen-bond acceptors (Lipinski definition) is 0. The highest BCUT2D eigenvalue weighted by molar-refractivity contribution is 6.07. The molecule has 0 spiro atoms. The van der Waals surface area contributed by atoms with Gasteiger partial charge in [-0.3, -0.25) is 0 Å². The first-order valence-electron chi connectivity index (χ1n) is 15.9. The third kappa shape index (κ3) is 7.64. The molecule has 46 heavy (non-hydrogen) atoms. The van der Waals surface area contributed by atoms with E-state index in [2.05, 4.69) is 172 Å². The van der Waals surface area contributed by atoms with Crippen LogP contribution in [0.1, 0.15) is 52.3 Å². The minimum atomic E-state index is 0. The molecule has 0 nitrogen and oxygen atoms in total. The maximum atomic E-state index is 2.29. The van der Waals surface area contributed by atoms with E-state index in [9.17, 15) is 0 Å². The van der Waals surface area contributed by atoms with E-state index in [1.807, 2.05) is 0 Å². The molecule has 0 amide bonds. The lowest BCUT2D eigenvalue weighted by atomic mass is 10.00. The molecule has 0 heterocycles. The third-order valence-corrected chi connectivity index (χ3v) is 8.62. The Morgan fingerprint density at radius 1 is 0.283 bits per heavy atom. The SMILES string of the molecule is C.C.CCc1ccc2c(ccc3ccccc32)c1.CCc1ccc2cc3ccccc3cc2c1.CCc1ccc2ccccc2c1. The van der Waals surface area contributed by atoms with Crippen LogP contribution in [-0.2, 0) is 19.3 Å². The molecule has 0 aliphatic rings. The van der Waals surface area contributed by atoms with E-state index in [0.29, 0.717) is 0 Å². The van der Waals surface area contributed by atoms with Crippen molar-refractivity contribution in [1.82, 2.24) is 0 Å². The summed E-state index contributed by atoms with van der Waals surface area (Å²) in [7, 11) is 0. The molecule has 8 aromatic carbocycles. The lowest BCUT2D eigenvalue weighted by Gasteiger charge is -2.05. The second-order valence-electron chi connectivity index (χ2n) is 11.5. The second-order valence-corrected chi connectivity index (χ2v) is 11.5. The van der Waals surface area contributed by atoms with Crippen molar-refractivity contribution in [3.05, 3.63) is 168 Å². The zero-order valence-corrected chi connectivity index (χ0v) is 26.1. The Morgan fingerprint density at radius 3 is 1.24 bits per heavy atom. The van der Waals surface area contributed by atoms with Crippen LogP contribution in [0.4, 0.5) is 0 Å². The van der Waals surface area contributed by atoms with Gasteiger partial charge in [0.2, 0.25) is 0 Å². The standard InChI is InChI=1S/2C16H14.C12H12.2CH4/c1-2-12-7-10-16-14(11-12)9-8-13-5-3-4-6-15(13)16;1-2-12-7-8-15-10-13-5-3-4-6-14(13)11-16(15)9-12;1-2-10-7-8-11-5-3-4-6-12(11)9-10;;/h2*3-11H,2H2,1H3;3-9H,2H2,1H3;2*1H4. The summed E-state index contributed by atoms with van der Waals surface area (Å²) in [5, 5.41) is 13.4. The zero-order valence-electron chi connectivity index (χ0n) is 26.1. The van der Waals surface area contributed by atoms with Crippen LogP contribution in [-0.4, -0.2) is 0 Å². The van der Waals surface area contributed by atoms with Crippen molar-refractivity contribution < 1.29 is 0 Å². The van der Waals surface area contributed by atoms with Gasteiger partial charge in [-0.1, -0.05) is 175 Å². The lowest BCUT2D eigenvalue weighted by molar-refractivity contribution is 1.15. The Balaban J connectivity index is 0.000000155. The third-order valence-electron chi connectivity index (χ3n) is 8.62. The van der Waals surface area contributed by atoms with Crippen LogP contribution in [0.5, 0.6) is 0 Å². The highest BCUT2D eigenvalue weighted by Crippen LogP contribution is 2.26. The van der Waals surface area contributed by atoms with Gasteiger partial charge in [0.05, 0.1) is 0 Å². The average Bonchev–Trinajstić information content (AvgIpc) is 3.10. The van der Waals surface area contributed by atoms with Gasteiger partial charge in [-0.25, -0.2) is 0 Å². The molecule has 232 valence electrons. The minimum Gasteiger partial charge on any atom is -0.0776 e. The molecule has 0 aliphatic carbocycles. The first-order chi connectivity index (χ1) is 21.6. The first kappa shape index (κ1) is 33.9. The molecule has 0 fully saturated rings. The van der Waals surface area contributed by atoms with E-state index in [-0.39, 0.29) is 14.9 Å². The molecule has 8 rings (SSSR count). The van der Waals surface area contributed by atoms with Crippen molar-refractivity contribution in [3.8, 4) is 0 Å². The number of benzene rings is 8. The molecule has 8 aromatic rings. The monoisotopic (exact) mass is 600 g/mol. The smallest absolute Gasteiger partial charge is 0.0105 e. The molecule has 0 atom stereocenters. The fourth-order valence-corrected chi connectivity index (χ4v) is 5.95. The van der Waals surface area contributed by atoms with Crippen molar-refractivity contribution >= 4 is 53.9 Å². The van der Waals surface area contributed by atoms with Crippen LogP contribution in [0, 0.1) is 0 Å². The quantitative estimate of drug-likeness (QED) is 0.140. The maximum Gasteiger partial charge on any atom is -0.0105 e. The molecule has 0 radical (unpaired) electrons. The molecule has 0 saturated heterocycles. The molecule has 0 unspecified atom stereocenters. The summed E-state index contributed by atoms with van der Waals surface area (Å²) >= 11 is 0. The van der Waals surface area contributed by atoms with E-state index >= 15 is 0 Å². The van der Waals surface area contributed by atoms with Crippen molar-refractivity contribution in [1.29, 1.82) is 0 Å². The number of hydrogen-bond donors (Lipinski definition) is 0. The summed E-state index contributed by atoms with van der Waals surface area (Å²) in [6, 6.07) is 54.7. The highest BCUT2D eigenvalue weighted by Gasteiger charge is 2.01. The summed E-state index contributed by atoms with van der Waals surface area (Å²) in [5.74, 6) is 0. The molecular weight excluding hydrogens is 553 g/mol. The maximum absolute atomic E-state index is 2.29. The van der Waals surface area contributed by atoms with Crippen LogP contribution in [0.3, 0.4) is 0 Å². The summed E-state index contributed by atoms with van der Waals surface area (Å²) < 4.78 is 0. The van der Waals surface area contributed by atoms with Crippen LogP contribution in [0.2, 0.25) is 0 Å².